The molecule has 0 spiro atoms. The van der Waals surface area contributed by atoms with Crippen molar-refractivity contribution >= 4 is 15.9 Å². The highest BCUT2D eigenvalue weighted by atomic mass is 32.2. The minimum atomic E-state index is -3.77. The Morgan fingerprint density at radius 1 is 1.27 bits per heavy atom. The summed E-state index contributed by atoms with van der Waals surface area (Å²) in [6.45, 7) is 0.243. The molecule has 0 saturated carbocycles. The molecule has 1 amide bonds. The van der Waals surface area contributed by atoms with Gasteiger partial charge in [0.2, 0.25) is 15.9 Å². The fourth-order valence-corrected chi connectivity index (χ4v) is 2.33. The molecule has 0 atom stereocenters. The lowest BCUT2D eigenvalue weighted by molar-refractivity contribution is 0.0950. The lowest BCUT2D eigenvalue weighted by Gasteiger charge is -2.08. The molecule has 0 saturated heterocycles. The van der Waals surface area contributed by atoms with Crippen LogP contribution < -0.4 is 15.2 Å². The largest absolute Gasteiger partial charge is 0.481 e. The number of hydrogen-bond acceptors (Lipinski definition) is 5. The van der Waals surface area contributed by atoms with Gasteiger partial charge in [0, 0.05) is 23.9 Å². The first-order valence-corrected chi connectivity index (χ1v) is 7.85. The molecule has 1 heterocycles. The predicted molar refractivity (Wildman–Crippen MR) is 79.8 cm³/mol. The summed E-state index contributed by atoms with van der Waals surface area (Å²) in [6.07, 6.45) is 1.59. The van der Waals surface area contributed by atoms with E-state index in [4.69, 9.17) is 9.88 Å². The normalized spacial score (nSPS) is 11.0. The van der Waals surface area contributed by atoms with Crippen molar-refractivity contribution in [2.45, 2.75) is 11.4 Å². The van der Waals surface area contributed by atoms with E-state index in [0.29, 0.717) is 11.4 Å². The van der Waals surface area contributed by atoms with Crippen molar-refractivity contribution < 1.29 is 17.9 Å². The maximum absolute atomic E-state index is 12.0. The fraction of sp³-hybridized carbons (Fsp3) is 0.143. The Morgan fingerprint density at radius 3 is 2.55 bits per heavy atom. The van der Waals surface area contributed by atoms with Crippen molar-refractivity contribution in [2.24, 2.45) is 5.14 Å². The van der Waals surface area contributed by atoms with Gasteiger partial charge in [-0.3, -0.25) is 4.79 Å². The molecule has 0 aliphatic carbocycles. The molecule has 8 heteroatoms. The zero-order valence-electron chi connectivity index (χ0n) is 11.8. The highest BCUT2D eigenvalue weighted by Gasteiger charge is 2.11. The SMILES string of the molecule is COc1ncccc1CNC(=O)c1ccc(S(N)(=O)=O)cc1. The minimum absolute atomic E-state index is 0.0435. The van der Waals surface area contributed by atoms with Gasteiger partial charge in [0.15, 0.2) is 0 Å². The molecule has 2 aromatic rings. The molecular weight excluding hydrogens is 306 g/mol. The lowest BCUT2D eigenvalue weighted by atomic mass is 10.2. The van der Waals surface area contributed by atoms with Crippen LogP contribution in [0.3, 0.4) is 0 Å². The van der Waals surface area contributed by atoms with Crippen molar-refractivity contribution in [1.29, 1.82) is 0 Å². The molecule has 1 aromatic carbocycles. The first-order chi connectivity index (χ1) is 10.4. The number of aromatic nitrogens is 1. The van der Waals surface area contributed by atoms with E-state index in [1.807, 2.05) is 0 Å². The van der Waals surface area contributed by atoms with Crippen LogP contribution in [-0.2, 0) is 16.6 Å². The molecule has 7 nitrogen and oxygen atoms in total. The van der Waals surface area contributed by atoms with Gasteiger partial charge >= 0.3 is 0 Å². The quantitative estimate of drug-likeness (QED) is 0.840. The first kappa shape index (κ1) is 15.9. The number of methoxy groups -OCH3 is 1. The van der Waals surface area contributed by atoms with Gasteiger partial charge in [-0.25, -0.2) is 18.5 Å². The van der Waals surface area contributed by atoms with Crippen LogP contribution in [0.15, 0.2) is 47.5 Å². The van der Waals surface area contributed by atoms with Gasteiger partial charge in [0.1, 0.15) is 0 Å². The third-order valence-electron chi connectivity index (χ3n) is 2.93. The second kappa shape index (κ2) is 6.54. The molecule has 22 heavy (non-hydrogen) atoms. The van der Waals surface area contributed by atoms with Gasteiger partial charge in [0.25, 0.3) is 5.91 Å². The number of rotatable bonds is 5. The van der Waals surface area contributed by atoms with E-state index >= 15 is 0 Å². The number of carbonyl (C=O) groups is 1. The number of nitrogens with one attached hydrogen (secondary N) is 1. The van der Waals surface area contributed by atoms with E-state index < -0.39 is 10.0 Å². The monoisotopic (exact) mass is 321 g/mol. The molecular formula is C14H15N3O4S. The van der Waals surface area contributed by atoms with Gasteiger partial charge in [-0.1, -0.05) is 6.07 Å². The molecule has 0 fully saturated rings. The standard InChI is InChI=1S/C14H15N3O4S/c1-21-14-11(3-2-8-16-14)9-17-13(18)10-4-6-12(7-5-10)22(15,19)20/h2-8H,9H2,1H3,(H,17,18)(H2,15,19,20). The Hall–Kier alpha value is -2.45. The number of hydrogen-bond donors (Lipinski definition) is 2. The fourth-order valence-electron chi connectivity index (χ4n) is 1.82. The highest BCUT2D eigenvalue weighted by Crippen LogP contribution is 2.13. The van der Waals surface area contributed by atoms with Crippen LogP contribution in [0.1, 0.15) is 15.9 Å². The van der Waals surface area contributed by atoms with Crippen molar-refractivity contribution in [3.8, 4) is 5.88 Å². The van der Waals surface area contributed by atoms with Crippen LogP contribution in [0.25, 0.3) is 0 Å². The number of carbonyl (C=O) groups excluding carboxylic acids is 1. The van der Waals surface area contributed by atoms with E-state index in [0.717, 1.165) is 5.56 Å². The van der Waals surface area contributed by atoms with Crippen molar-refractivity contribution in [2.75, 3.05) is 7.11 Å². The summed E-state index contributed by atoms with van der Waals surface area (Å²) in [7, 11) is -2.27. The molecule has 2 rings (SSSR count). The second-order valence-electron chi connectivity index (χ2n) is 4.42. The third-order valence-corrected chi connectivity index (χ3v) is 3.86. The number of sulfonamides is 1. The number of amides is 1. The lowest BCUT2D eigenvalue weighted by Crippen LogP contribution is -2.23. The average molecular weight is 321 g/mol. The Kier molecular flexibility index (Phi) is 4.74. The number of nitrogens with two attached hydrogens (primary N) is 1. The Labute approximate surface area is 128 Å². The van der Waals surface area contributed by atoms with Gasteiger partial charge in [-0.05, 0) is 30.3 Å². The highest BCUT2D eigenvalue weighted by molar-refractivity contribution is 7.89. The minimum Gasteiger partial charge on any atom is -0.481 e. The summed E-state index contributed by atoms with van der Waals surface area (Å²) in [6, 6.07) is 8.90. The second-order valence-corrected chi connectivity index (χ2v) is 5.99. The molecule has 0 radical (unpaired) electrons. The summed E-state index contributed by atoms with van der Waals surface area (Å²) in [4.78, 5) is 16.0. The van der Waals surface area contributed by atoms with Gasteiger partial charge < -0.3 is 10.1 Å². The van der Waals surface area contributed by atoms with Crippen molar-refractivity contribution in [3.63, 3.8) is 0 Å². The predicted octanol–water partition coefficient (Wildman–Crippen LogP) is 0.668. The molecule has 0 aliphatic rings. The van der Waals surface area contributed by atoms with Crippen molar-refractivity contribution in [1.82, 2.24) is 10.3 Å². The first-order valence-electron chi connectivity index (χ1n) is 6.31. The number of benzene rings is 1. The van der Waals surface area contributed by atoms with E-state index in [1.165, 1.54) is 31.4 Å². The summed E-state index contributed by atoms with van der Waals surface area (Å²) in [5.74, 6) is 0.0965. The Balaban J connectivity index is 2.06. The van der Waals surface area contributed by atoms with Gasteiger partial charge in [-0.15, -0.1) is 0 Å². The summed E-state index contributed by atoms with van der Waals surface area (Å²) in [5, 5.41) is 7.71. The Bertz CT molecular complexity index is 773. The summed E-state index contributed by atoms with van der Waals surface area (Å²) in [5.41, 5.74) is 1.06. The molecule has 116 valence electrons. The summed E-state index contributed by atoms with van der Waals surface area (Å²) < 4.78 is 27.4. The molecule has 1 aromatic heterocycles. The topological polar surface area (TPSA) is 111 Å². The van der Waals surface area contributed by atoms with Crippen LogP contribution >= 0.6 is 0 Å². The molecule has 3 N–H and O–H groups in total. The number of ether oxygens (including phenoxy) is 1. The summed E-state index contributed by atoms with van der Waals surface area (Å²) >= 11 is 0. The third kappa shape index (κ3) is 3.80. The Morgan fingerprint density at radius 2 is 1.95 bits per heavy atom. The van der Waals surface area contributed by atoms with Crippen molar-refractivity contribution in [3.05, 3.63) is 53.7 Å². The number of pyridine rings is 1. The number of nitrogens with zero attached hydrogens (tertiary/aromatic N) is 1. The average Bonchev–Trinajstić information content (AvgIpc) is 2.52. The maximum Gasteiger partial charge on any atom is 0.251 e. The van der Waals surface area contributed by atoms with E-state index in [9.17, 15) is 13.2 Å². The molecule has 0 unspecified atom stereocenters. The zero-order chi connectivity index (χ0) is 16.2. The zero-order valence-corrected chi connectivity index (χ0v) is 12.6. The van der Waals surface area contributed by atoms with Gasteiger partial charge in [0.05, 0.1) is 12.0 Å². The van der Waals surface area contributed by atoms with E-state index in [-0.39, 0.29) is 17.3 Å². The molecule has 0 aliphatic heterocycles. The van der Waals surface area contributed by atoms with Crippen LogP contribution in [0.2, 0.25) is 0 Å². The van der Waals surface area contributed by atoms with Gasteiger partial charge in [-0.2, -0.15) is 0 Å². The van der Waals surface area contributed by atoms with Crippen LogP contribution in [0.4, 0.5) is 0 Å². The van der Waals surface area contributed by atoms with Crippen LogP contribution in [0.5, 0.6) is 5.88 Å². The smallest absolute Gasteiger partial charge is 0.251 e. The maximum atomic E-state index is 12.0. The van der Waals surface area contributed by atoms with E-state index in [2.05, 4.69) is 10.3 Å². The van der Waals surface area contributed by atoms with Crippen LogP contribution in [-0.4, -0.2) is 26.4 Å². The van der Waals surface area contributed by atoms with E-state index in [1.54, 1.807) is 18.3 Å². The van der Waals surface area contributed by atoms with Crippen LogP contribution in [0, 0.1) is 0 Å². The molecule has 0 bridgehead atoms. The number of primary sulfonamides is 1.